The van der Waals surface area contributed by atoms with Gasteiger partial charge in [0.15, 0.2) is 5.13 Å². The molecule has 13 heteroatoms. The molecule has 9 nitrogen and oxygen atoms in total. The second kappa shape index (κ2) is 12.3. The number of carboxylic acid groups (broad SMARTS) is 1. The fourth-order valence-corrected chi connectivity index (χ4v) is 6.51. The van der Waals surface area contributed by atoms with Crippen LogP contribution in [0.25, 0.3) is 11.3 Å². The number of anilines is 2. The number of carboxylic acids is 1. The molecule has 2 saturated heterocycles. The Labute approximate surface area is 245 Å². The van der Waals surface area contributed by atoms with Gasteiger partial charge in [0.2, 0.25) is 0 Å². The van der Waals surface area contributed by atoms with Gasteiger partial charge in [0.25, 0.3) is 5.91 Å². The number of carbonyl (C=O) groups is 2. The molecule has 0 aliphatic carbocycles. The van der Waals surface area contributed by atoms with Crippen LogP contribution in [0.4, 0.5) is 24.1 Å². The number of aromatic nitrogens is 3. The molecular formula is C29H33F3N6O3S. The van der Waals surface area contributed by atoms with Gasteiger partial charge in [-0.1, -0.05) is 29.9 Å². The number of nitrogens with one attached hydrogen (secondary N) is 1. The van der Waals surface area contributed by atoms with E-state index >= 15 is 0 Å². The van der Waals surface area contributed by atoms with Gasteiger partial charge in [-0.15, -0.1) is 0 Å². The van der Waals surface area contributed by atoms with Crippen LogP contribution >= 0.6 is 11.3 Å². The molecule has 0 saturated carbocycles. The van der Waals surface area contributed by atoms with Crippen molar-refractivity contribution in [2.24, 2.45) is 5.92 Å². The van der Waals surface area contributed by atoms with Crippen molar-refractivity contribution in [2.75, 3.05) is 29.9 Å². The van der Waals surface area contributed by atoms with E-state index in [1.807, 2.05) is 4.90 Å². The van der Waals surface area contributed by atoms with E-state index in [9.17, 15) is 27.9 Å². The SMILES string of the molecule is Cc1ccc(-c2nc(NC(=O)c3cnc(N4CCC(C(=O)O)CC4)cn3)sc2CN2CCCCC2C)cc1C(F)(F)F. The largest absolute Gasteiger partial charge is 0.481 e. The van der Waals surface area contributed by atoms with E-state index in [1.54, 1.807) is 6.07 Å². The summed E-state index contributed by atoms with van der Waals surface area (Å²) >= 11 is 1.25. The summed E-state index contributed by atoms with van der Waals surface area (Å²) in [4.78, 5) is 42.5. The zero-order chi connectivity index (χ0) is 30.0. The molecule has 0 radical (unpaired) electrons. The number of carbonyl (C=O) groups excluding carboxylic acids is 1. The lowest BCUT2D eigenvalue weighted by Gasteiger charge is -2.33. The van der Waals surface area contributed by atoms with Crippen LogP contribution in [0.1, 0.15) is 65.5 Å². The van der Waals surface area contributed by atoms with Crippen LogP contribution in [-0.2, 0) is 17.5 Å². The second-order valence-electron chi connectivity index (χ2n) is 10.9. The summed E-state index contributed by atoms with van der Waals surface area (Å²) in [5.74, 6) is -1.14. The number of aliphatic carboxylic acids is 1. The van der Waals surface area contributed by atoms with Crippen LogP contribution in [0.2, 0.25) is 0 Å². The standard InChI is InChI=1S/C29H33F3N6O3S/c1-17-6-7-20(13-21(17)29(30,31)32)25-23(16-38-10-4-3-5-18(38)2)42-28(35-25)36-26(39)22-14-34-24(15-33-22)37-11-8-19(9-12-37)27(40)41/h6-7,13-15,18-19H,3-5,8-12,16H2,1-2H3,(H,40,41)(H,35,36,39). The van der Waals surface area contributed by atoms with Gasteiger partial charge < -0.3 is 10.0 Å². The smallest absolute Gasteiger partial charge is 0.416 e. The Kier molecular flexibility index (Phi) is 8.78. The highest BCUT2D eigenvalue weighted by atomic mass is 32.1. The van der Waals surface area contributed by atoms with Crippen molar-refractivity contribution >= 4 is 34.2 Å². The maximum atomic E-state index is 13.7. The van der Waals surface area contributed by atoms with E-state index in [-0.39, 0.29) is 22.3 Å². The predicted octanol–water partition coefficient (Wildman–Crippen LogP) is 5.86. The molecule has 5 rings (SSSR count). The maximum absolute atomic E-state index is 13.7. The van der Waals surface area contributed by atoms with Crippen LogP contribution in [0, 0.1) is 12.8 Å². The first-order valence-corrected chi connectivity index (χ1v) is 14.8. The minimum Gasteiger partial charge on any atom is -0.481 e. The van der Waals surface area contributed by atoms with Gasteiger partial charge >= 0.3 is 12.1 Å². The minimum atomic E-state index is -4.49. The van der Waals surface area contributed by atoms with Crippen LogP contribution in [0.5, 0.6) is 0 Å². The highest BCUT2D eigenvalue weighted by Gasteiger charge is 2.33. The number of rotatable bonds is 7. The quantitative estimate of drug-likeness (QED) is 0.346. The molecule has 1 atom stereocenters. The average Bonchev–Trinajstić information content (AvgIpc) is 3.35. The lowest BCUT2D eigenvalue weighted by Crippen LogP contribution is -2.36. The maximum Gasteiger partial charge on any atom is 0.416 e. The van der Waals surface area contributed by atoms with Crippen molar-refractivity contribution in [3.05, 3.63) is 52.3 Å². The molecule has 4 heterocycles. The molecule has 2 aliphatic heterocycles. The third kappa shape index (κ3) is 6.73. The number of hydrogen-bond acceptors (Lipinski definition) is 8. The molecule has 1 aromatic carbocycles. The van der Waals surface area contributed by atoms with Crippen LogP contribution in [0.15, 0.2) is 30.6 Å². The molecular weight excluding hydrogens is 569 g/mol. The Balaban J connectivity index is 1.36. The summed E-state index contributed by atoms with van der Waals surface area (Å²) < 4.78 is 41.1. The first-order valence-electron chi connectivity index (χ1n) is 14.0. The van der Waals surface area contributed by atoms with E-state index in [0.29, 0.717) is 55.6 Å². The van der Waals surface area contributed by atoms with Crippen molar-refractivity contribution in [2.45, 2.75) is 64.7 Å². The highest BCUT2D eigenvalue weighted by Crippen LogP contribution is 2.38. The fraction of sp³-hybridized carbons (Fsp3) is 0.483. The van der Waals surface area contributed by atoms with Gasteiger partial charge in [0, 0.05) is 36.1 Å². The summed E-state index contributed by atoms with van der Waals surface area (Å²) in [6.07, 6.45) is 2.61. The zero-order valence-electron chi connectivity index (χ0n) is 23.4. The van der Waals surface area contributed by atoms with Gasteiger partial charge in [-0.25, -0.2) is 15.0 Å². The van der Waals surface area contributed by atoms with Gasteiger partial charge in [-0.05, 0) is 57.7 Å². The molecule has 2 aromatic heterocycles. The predicted molar refractivity (Wildman–Crippen MR) is 154 cm³/mol. The lowest BCUT2D eigenvalue weighted by atomic mass is 9.97. The van der Waals surface area contributed by atoms with Crippen molar-refractivity contribution < 1.29 is 27.9 Å². The van der Waals surface area contributed by atoms with Gasteiger partial charge in [-0.3, -0.25) is 19.8 Å². The third-order valence-electron chi connectivity index (χ3n) is 8.06. The second-order valence-corrected chi connectivity index (χ2v) is 12.0. The number of benzene rings is 1. The Morgan fingerprint density at radius 2 is 1.86 bits per heavy atom. The van der Waals surface area contributed by atoms with Gasteiger partial charge in [0.05, 0.1) is 29.6 Å². The van der Waals surface area contributed by atoms with E-state index < -0.39 is 23.6 Å². The summed E-state index contributed by atoms with van der Waals surface area (Å²) in [5, 5.41) is 12.2. The van der Waals surface area contributed by atoms with Gasteiger partial charge in [0.1, 0.15) is 11.5 Å². The van der Waals surface area contributed by atoms with Crippen molar-refractivity contribution in [1.82, 2.24) is 19.9 Å². The molecule has 224 valence electrons. The highest BCUT2D eigenvalue weighted by molar-refractivity contribution is 7.16. The van der Waals surface area contributed by atoms with E-state index in [1.165, 1.54) is 36.7 Å². The lowest BCUT2D eigenvalue weighted by molar-refractivity contribution is -0.142. The van der Waals surface area contributed by atoms with Crippen molar-refractivity contribution in [1.29, 1.82) is 0 Å². The summed E-state index contributed by atoms with van der Waals surface area (Å²) in [6, 6.07) is 4.55. The summed E-state index contributed by atoms with van der Waals surface area (Å²) in [6.45, 7) is 6.05. The topological polar surface area (TPSA) is 112 Å². The van der Waals surface area contributed by atoms with E-state index in [4.69, 9.17) is 0 Å². The Morgan fingerprint density at radius 3 is 2.50 bits per heavy atom. The zero-order valence-corrected chi connectivity index (χ0v) is 24.3. The number of likely N-dealkylation sites (tertiary alicyclic amines) is 1. The molecule has 3 aromatic rings. The Bertz CT molecular complexity index is 1440. The molecule has 1 amide bonds. The first kappa shape index (κ1) is 29.9. The normalized spacial score (nSPS) is 18.7. The van der Waals surface area contributed by atoms with Crippen molar-refractivity contribution in [3.63, 3.8) is 0 Å². The van der Waals surface area contributed by atoms with Crippen LogP contribution in [-0.4, -0.2) is 62.5 Å². The number of halogens is 3. The average molecular weight is 603 g/mol. The first-order chi connectivity index (χ1) is 20.0. The van der Waals surface area contributed by atoms with E-state index in [0.717, 1.165) is 36.8 Å². The molecule has 1 unspecified atom stereocenters. The minimum absolute atomic E-state index is 0.0665. The summed E-state index contributed by atoms with van der Waals surface area (Å²) in [5.41, 5.74) is 0.259. The van der Waals surface area contributed by atoms with E-state index in [2.05, 4.69) is 32.1 Å². The number of aryl methyl sites for hydroxylation is 1. The van der Waals surface area contributed by atoms with Crippen LogP contribution in [0.3, 0.4) is 0 Å². The molecule has 2 N–H and O–H groups in total. The van der Waals surface area contributed by atoms with Gasteiger partial charge in [-0.2, -0.15) is 13.2 Å². The number of amides is 1. The Hall–Kier alpha value is -3.58. The Morgan fingerprint density at radius 1 is 1.10 bits per heavy atom. The number of thiazole rings is 1. The number of hydrogen-bond donors (Lipinski definition) is 2. The number of alkyl halides is 3. The fourth-order valence-electron chi connectivity index (χ4n) is 5.51. The number of nitrogens with zero attached hydrogens (tertiary/aromatic N) is 5. The molecule has 0 spiro atoms. The molecule has 2 aliphatic rings. The monoisotopic (exact) mass is 602 g/mol. The molecule has 42 heavy (non-hydrogen) atoms. The molecule has 2 fully saturated rings. The van der Waals surface area contributed by atoms with Crippen LogP contribution < -0.4 is 10.2 Å². The molecule has 0 bridgehead atoms. The van der Waals surface area contributed by atoms with Crippen molar-refractivity contribution in [3.8, 4) is 11.3 Å². The summed E-state index contributed by atoms with van der Waals surface area (Å²) in [7, 11) is 0. The third-order valence-corrected chi connectivity index (χ3v) is 9.02. The number of piperidine rings is 2.